The van der Waals surface area contributed by atoms with E-state index in [1.807, 2.05) is 13.0 Å². The predicted molar refractivity (Wildman–Crippen MR) is 99.7 cm³/mol. The number of para-hydroxylation sites is 2. The number of benzene rings is 2. The first-order valence-electron chi connectivity index (χ1n) is 8.67. The van der Waals surface area contributed by atoms with Gasteiger partial charge in [-0.1, -0.05) is 12.1 Å². The van der Waals surface area contributed by atoms with Crippen molar-refractivity contribution in [2.24, 2.45) is 0 Å². The van der Waals surface area contributed by atoms with Crippen LogP contribution in [0.5, 0.6) is 5.75 Å². The number of nitrogens with zero attached hydrogens (tertiary/aromatic N) is 2. The van der Waals surface area contributed by atoms with Crippen LogP contribution in [0.4, 0.5) is 10.1 Å². The molecule has 0 bridgehead atoms. The first-order valence-corrected chi connectivity index (χ1v) is 10.1. The number of halogens is 1. The van der Waals surface area contributed by atoms with Gasteiger partial charge in [0.15, 0.2) is 0 Å². The van der Waals surface area contributed by atoms with Gasteiger partial charge in [-0.3, -0.25) is 4.79 Å². The van der Waals surface area contributed by atoms with Gasteiger partial charge < -0.3 is 9.64 Å². The molecule has 1 amide bonds. The van der Waals surface area contributed by atoms with Crippen LogP contribution in [-0.4, -0.2) is 44.4 Å². The fourth-order valence-corrected chi connectivity index (χ4v) is 4.70. The van der Waals surface area contributed by atoms with E-state index in [0.29, 0.717) is 18.0 Å². The van der Waals surface area contributed by atoms with Gasteiger partial charge in [-0.2, -0.15) is 4.31 Å². The van der Waals surface area contributed by atoms with Gasteiger partial charge in [0.1, 0.15) is 17.6 Å². The molecule has 0 aliphatic carbocycles. The Kier molecular flexibility index (Phi) is 5.48. The molecule has 0 spiro atoms. The van der Waals surface area contributed by atoms with Gasteiger partial charge in [0, 0.05) is 13.1 Å². The summed E-state index contributed by atoms with van der Waals surface area (Å²) in [6.45, 7) is 4.20. The highest BCUT2D eigenvalue weighted by Gasteiger charge is 2.40. The van der Waals surface area contributed by atoms with Crippen molar-refractivity contribution in [1.29, 1.82) is 0 Å². The van der Waals surface area contributed by atoms with Crippen LogP contribution in [0.1, 0.15) is 13.8 Å². The molecule has 8 heteroatoms. The van der Waals surface area contributed by atoms with Crippen LogP contribution in [0.2, 0.25) is 0 Å². The van der Waals surface area contributed by atoms with Crippen LogP contribution in [0.25, 0.3) is 0 Å². The number of hydrogen-bond donors (Lipinski definition) is 0. The molecule has 1 aliphatic heterocycles. The summed E-state index contributed by atoms with van der Waals surface area (Å²) in [7, 11) is -3.90. The van der Waals surface area contributed by atoms with E-state index in [1.165, 1.54) is 12.1 Å². The third-order valence-corrected chi connectivity index (χ3v) is 6.46. The fourth-order valence-electron chi connectivity index (χ4n) is 3.12. The first-order chi connectivity index (χ1) is 12.9. The van der Waals surface area contributed by atoms with E-state index in [2.05, 4.69) is 0 Å². The average molecular weight is 392 g/mol. The summed E-state index contributed by atoms with van der Waals surface area (Å²) < 4.78 is 45.6. The summed E-state index contributed by atoms with van der Waals surface area (Å²) >= 11 is 0. The van der Waals surface area contributed by atoms with E-state index in [1.54, 1.807) is 30.0 Å². The van der Waals surface area contributed by atoms with E-state index in [9.17, 15) is 17.6 Å². The molecule has 6 nitrogen and oxygen atoms in total. The predicted octanol–water partition coefficient (Wildman–Crippen LogP) is 2.65. The molecule has 1 fully saturated rings. The number of amides is 1. The lowest BCUT2D eigenvalue weighted by Crippen LogP contribution is -2.57. The second-order valence-electron chi connectivity index (χ2n) is 6.14. The Morgan fingerprint density at radius 1 is 1.11 bits per heavy atom. The molecule has 0 aromatic heterocycles. The molecule has 0 unspecified atom stereocenters. The summed E-state index contributed by atoms with van der Waals surface area (Å²) in [5, 5.41) is 0. The molecule has 0 N–H and O–H groups in total. The first kappa shape index (κ1) is 19.3. The Bertz CT molecular complexity index is 931. The summed E-state index contributed by atoms with van der Waals surface area (Å²) in [6, 6.07) is 10.9. The molecule has 2 aromatic carbocycles. The summed E-state index contributed by atoms with van der Waals surface area (Å²) in [5.41, 5.74) is 0.620. The minimum atomic E-state index is -3.90. The Morgan fingerprint density at radius 3 is 2.44 bits per heavy atom. The number of carbonyl (C=O) groups excluding carboxylic acids is 1. The fraction of sp³-hybridized carbons (Fsp3) is 0.316. The van der Waals surface area contributed by atoms with Crippen molar-refractivity contribution in [2.75, 3.05) is 24.6 Å². The number of anilines is 1. The number of sulfonamides is 1. The molecule has 27 heavy (non-hydrogen) atoms. The van der Waals surface area contributed by atoms with Crippen molar-refractivity contribution in [3.05, 3.63) is 54.3 Å². The Balaban J connectivity index is 1.88. The SMILES string of the molecule is CCOc1ccccc1N1CCN(S(=O)(=O)c2ccc(F)cc2)[C@H](C)C1=O. The Labute approximate surface area is 158 Å². The molecule has 3 rings (SSSR count). The summed E-state index contributed by atoms with van der Waals surface area (Å²) in [5.74, 6) is -0.273. The topological polar surface area (TPSA) is 66.9 Å². The lowest BCUT2D eigenvalue weighted by atomic mass is 10.2. The van der Waals surface area contributed by atoms with Crippen LogP contribution in [0, 0.1) is 5.82 Å². The van der Waals surface area contributed by atoms with Gasteiger partial charge in [0.2, 0.25) is 15.9 Å². The standard InChI is InChI=1S/C19H21FN2O4S/c1-3-26-18-7-5-4-6-17(18)21-12-13-22(14(2)19(21)23)27(24,25)16-10-8-15(20)9-11-16/h4-11,14H,3,12-13H2,1-2H3/t14-/m1/s1. The van der Waals surface area contributed by atoms with Crippen LogP contribution in [-0.2, 0) is 14.8 Å². The van der Waals surface area contributed by atoms with E-state index in [-0.39, 0.29) is 23.9 Å². The highest BCUT2D eigenvalue weighted by molar-refractivity contribution is 7.89. The highest BCUT2D eigenvalue weighted by atomic mass is 32.2. The molecular formula is C19H21FN2O4S. The lowest BCUT2D eigenvalue weighted by molar-refractivity contribution is -0.123. The number of carbonyl (C=O) groups is 1. The van der Waals surface area contributed by atoms with Gasteiger partial charge in [0.25, 0.3) is 0 Å². The molecule has 1 atom stereocenters. The number of hydrogen-bond acceptors (Lipinski definition) is 4. The van der Waals surface area contributed by atoms with Crippen molar-refractivity contribution in [2.45, 2.75) is 24.8 Å². The van der Waals surface area contributed by atoms with Crippen molar-refractivity contribution in [1.82, 2.24) is 4.31 Å². The van der Waals surface area contributed by atoms with Crippen LogP contribution >= 0.6 is 0 Å². The molecule has 0 radical (unpaired) electrons. The van der Waals surface area contributed by atoms with Gasteiger partial charge in [-0.05, 0) is 50.2 Å². The van der Waals surface area contributed by atoms with Gasteiger partial charge in [-0.15, -0.1) is 0 Å². The largest absolute Gasteiger partial charge is 0.492 e. The van der Waals surface area contributed by atoms with Crippen molar-refractivity contribution in [3.63, 3.8) is 0 Å². The summed E-state index contributed by atoms with van der Waals surface area (Å²) in [4.78, 5) is 14.4. The van der Waals surface area contributed by atoms with E-state index < -0.39 is 21.9 Å². The number of rotatable bonds is 5. The van der Waals surface area contributed by atoms with E-state index >= 15 is 0 Å². The van der Waals surface area contributed by atoms with Gasteiger partial charge in [0.05, 0.1) is 17.2 Å². The lowest BCUT2D eigenvalue weighted by Gasteiger charge is -2.38. The summed E-state index contributed by atoms with van der Waals surface area (Å²) in [6.07, 6.45) is 0. The third kappa shape index (κ3) is 3.68. The number of ether oxygens (including phenoxy) is 1. The molecule has 1 saturated heterocycles. The number of piperazine rings is 1. The molecule has 1 heterocycles. The maximum Gasteiger partial charge on any atom is 0.245 e. The highest BCUT2D eigenvalue weighted by Crippen LogP contribution is 2.32. The van der Waals surface area contributed by atoms with Crippen LogP contribution in [0.15, 0.2) is 53.4 Å². The Morgan fingerprint density at radius 2 is 1.78 bits per heavy atom. The second-order valence-corrected chi connectivity index (χ2v) is 8.03. The molecule has 144 valence electrons. The quantitative estimate of drug-likeness (QED) is 0.785. The van der Waals surface area contributed by atoms with Crippen molar-refractivity contribution in [3.8, 4) is 5.75 Å². The van der Waals surface area contributed by atoms with Crippen molar-refractivity contribution < 1.29 is 22.3 Å². The normalized spacial score (nSPS) is 18.6. The molecule has 1 aliphatic rings. The third-order valence-electron chi connectivity index (χ3n) is 4.48. The van der Waals surface area contributed by atoms with Gasteiger partial charge >= 0.3 is 0 Å². The monoisotopic (exact) mass is 392 g/mol. The maximum absolute atomic E-state index is 13.1. The van der Waals surface area contributed by atoms with Crippen LogP contribution in [0.3, 0.4) is 0 Å². The minimum absolute atomic E-state index is 0.0354. The van der Waals surface area contributed by atoms with E-state index in [0.717, 1.165) is 16.4 Å². The zero-order valence-corrected chi connectivity index (χ0v) is 15.9. The minimum Gasteiger partial charge on any atom is -0.492 e. The molecule has 2 aromatic rings. The van der Waals surface area contributed by atoms with Crippen LogP contribution < -0.4 is 9.64 Å². The smallest absolute Gasteiger partial charge is 0.245 e. The maximum atomic E-state index is 13.1. The van der Waals surface area contributed by atoms with E-state index in [4.69, 9.17) is 4.74 Å². The van der Waals surface area contributed by atoms with Crippen molar-refractivity contribution >= 4 is 21.6 Å². The second kappa shape index (κ2) is 7.66. The Hall–Kier alpha value is -2.45. The molecular weight excluding hydrogens is 371 g/mol. The average Bonchev–Trinajstić information content (AvgIpc) is 2.65. The zero-order chi connectivity index (χ0) is 19.6. The zero-order valence-electron chi connectivity index (χ0n) is 15.1. The van der Waals surface area contributed by atoms with Gasteiger partial charge in [-0.25, -0.2) is 12.8 Å². The molecule has 0 saturated carbocycles.